The van der Waals surface area contributed by atoms with Crippen LogP contribution in [-0.2, 0) is 10.0 Å². The lowest BCUT2D eigenvalue weighted by molar-refractivity contribution is 0.263. The van der Waals surface area contributed by atoms with Gasteiger partial charge in [-0.2, -0.15) is 4.31 Å². The second-order valence-electron chi connectivity index (χ2n) is 5.67. The van der Waals surface area contributed by atoms with Gasteiger partial charge in [0.25, 0.3) is 0 Å². The molecular weight excluding hydrogens is 352 g/mol. The Kier molecular flexibility index (Phi) is 5.82. The van der Waals surface area contributed by atoms with Crippen LogP contribution in [0.4, 0.5) is 0 Å². The molecule has 1 aliphatic rings. The van der Waals surface area contributed by atoms with Crippen LogP contribution in [0.15, 0.2) is 27.6 Å². The molecule has 1 aliphatic heterocycles. The second kappa shape index (κ2) is 7.22. The molecule has 6 heteroatoms. The summed E-state index contributed by atoms with van der Waals surface area (Å²) in [5, 5.41) is 3.16. The van der Waals surface area contributed by atoms with Crippen LogP contribution in [-0.4, -0.2) is 39.4 Å². The van der Waals surface area contributed by atoms with Crippen molar-refractivity contribution in [3.63, 3.8) is 0 Å². The van der Waals surface area contributed by atoms with E-state index in [4.69, 9.17) is 0 Å². The normalized spacial score (nSPS) is 18.0. The summed E-state index contributed by atoms with van der Waals surface area (Å²) in [7, 11) is -1.43. The summed E-state index contributed by atoms with van der Waals surface area (Å²) >= 11 is 3.38. The first-order chi connectivity index (χ1) is 9.95. The number of piperidine rings is 1. The van der Waals surface area contributed by atoms with E-state index in [-0.39, 0.29) is 0 Å². The number of nitrogens with zero attached hydrogens (tertiary/aromatic N) is 1. The first-order valence-electron chi connectivity index (χ1n) is 7.36. The SMILES string of the molecule is CNCCC1CCN(S(=O)(=O)c2ccc(C)cc2Br)CC1. The Labute approximate surface area is 136 Å². The van der Waals surface area contributed by atoms with Gasteiger partial charge < -0.3 is 5.32 Å². The molecule has 0 aromatic heterocycles. The van der Waals surface area contributed by atoms with E-state index in [1.807, 2.05) is 26.1 Å². The van der Waals surface area contributed by atoms with E-state index >= 15 is 0 Å². The third-order valence-corrected chi connectivity index (χ3v) is 6.96. The summed E-state index contributed by atoms with van der Waals surface area (Å²) in [6.07, 6.45) is 3.02. The Morgan fingerprint density at radius 2 is 2.00 bits per heavy atom. The van der Waals surface area contributed by atoms with Gasteiger partial charge in [-0.1, -0.05) is 6.07 Å². The predicted molar refractivity (Wildman–Crippen MR) is 88.9 cm³/mol. The lowest BCUT2D eigenvalue weighted by Gasteiger charge is -2.31. The molecule has 0 amide bonds. The Bertz CT molecular complexity index is 581. The van der Waals surface area contributed by atoms with Crippen LogP contribution in [0.1, 0.15) is 24.8 Å². The van der Waals surface area contributed by atoms with E-state index in [9.17, 15) is 8.42 Å². The predicted octanol–water partition coefficient (Wildman–Crippen LogP) is 2.77. The molecule has 4 nitrogen and oxygen atoms in total. The van der Waals surface area contributed by atoms with Gasteiger partial charge in [-0.25, -0.2) is 8.42 Å². The zero-order chi connectivity index (χ0) is 15.5. The van der Waals surface area contributed by atoms with Gasteiger partial charge in [0.05, 0.1) is 4.90 Å². The molecule has 1 fully saturated rings. The number of benzene rings is 1. The zero-order valence-corrected chi connectivity index (χ0v) is 15.0. The third-order valence-electron chi connectivity index (χ3n) is 4.08. The standard InChI is InChI=1S/C15H23BrN2O2S/c1-12-3-4-15(14(16)11-12)21(19,20)18-9-6-13(7-10-18)5-8-17-2/h3-4,11,13,17H,5-10H2,1-2H3. The molecule has 0 unspecified atom stereocenters. The number of halogens is 1. The maximum Gasteiger partial charge on any atom is 0.244 e. The summed E-state index contributed by atoms with van der Waals surface area (Å²) in [4.78, 5) is 0.377. The van der Waals surface area contributed by atoms with Gasteiger partial charge in [0.1, 0.15) is 0 Å². The number of rotatable bonds is 5. The highest BCUT2D eigenvalue weighted by molar-refractivity contribution is 9.10. The summed E-state index contributed by atoms with van der Waals surface area (Å²) in [5.74, 6) is 0.630. The van der Waals surface area contributed by atoms with E-state index in [0.29, 0.717) is 28.4 Å². The van der Waals surface area contributed by atoms with Crippen molar-refractivity contribution in [1.29, 1.82) is 0 Å². The van der Waals surface area contributed by atoms with Gasteiger partial charge in [0.2, 0.25) is 10.0 Å². The van der Waals surface area contributed by atoms with E-state index in [1.54, 1.807) is 10.4 Å². The number of hydrogen-bond acceptors (Lipinski definition) is 3. The van der Waals surface area contributed by atoms with Crippen molar-refractivity contribution in [2.24, 2.45) is 5.92 Å². The van der Waals surface area contributed by atoms with Crippen molar-refractivity contribution >= 4 is 26.0 Å². The van der Waals surface area contributed by atoms with Crippen molar-refractivity contribution in [2.75, 3.05) is 26.7 Å². The molecule has 1 heterocycles. The Morgan fingerprint density at radius 1 is 1.33 bits per heavy atom. The summed E-state index contributed by atoms with van der Waals surface area (Å²) in [5.41, 5.74) is 1.05. The minimum Gasteiger partial charge on any atom is -0.320 e. The lowest BCUT2D eigenvalue weighted by atomic mass is 9.95. The van der Waals surface area contributed by atoms with Gasteiger partial charge in [-0.3, -0.25) is 0 Å². The second-order valence-corrected chi connectivity index (χ2v) is 8.43. The Balaban J connectivity index is 2.08. The van der Waals surface area contributed by atoms with E-state index in [1.165, 1.54) is 0 Å². The van der Waals surface area contributed by atoms with Crippen LogP contribution in [0, 0.1) is 12.8 Å². The smallest absolute Gasteiger partial charge is 0.244 e. The topological polar surface area (TPSA) is 49.4 Å². The fourth-order valence-corrected chi connectivity index (χ4v) is 5.36. The molecule has 2 rings (SSSR count). The Hall–Kier alpha value is -0.430. The van der Waals surface area contributed by atoms with Gasteiger partial charge in [-0.05, 0) is 79.3 Å². The van der Waals surface area contributed by atoms with Gasteiger partial charge in [-0.15, -0.1) is 0 Å². The molecule has 1 aromatic carbocycles. The average Bonchev–Trinajstić information content (AvgIpc) is 2.45. The highest BCUT2D eigenvalue weighted by Crippen LogP contribution is 2.29. The quantitative estimate of drug-likeness (QED) is 0.861. The van der Waals surface area contributed by atoms with Crippen molar-refractivity contribution in [3.05, 3.63) is 28.2 Å². The average molecular weight is 375 g/mol. The van der Waals surface area contributed by atoms with Gasteiger partial charge in [0.15, 0.2) is 0 Å². The van der Waals surface area contributed by atoms with Crippen molar-refractivity contribution < 1.29 is 8.42 Å². The molecule has 0 bridgehead atoms. The van der Waals surface area contributed by atoms with Gasteiger partial charge >= 0.3 is 0 Å². The number of nitrogens with one attached hydrogen (secondary N) is 1. The number of aryl methyl sites for hydroxylation is 1. The number of sulfonamides is 1. The minimum atomic E-state index is -3.38. The summed E-state index contributed by atoms with van der Waals surface area (Å²) in [6, 6.07) is 5.39. The van der Waals surface area contributed by atoms with Crippen LogP contribution < -0.4 is 5.32 Å². The van der Waals surface area contributed by atoms with Crippen LogP contribution in [0.3, 0.4) is 0 Å². The van der Waals surface area contributed by atoms with E-state index < -0.39 is 10.0 Å². The monoisotopic (exact) mass is 374 g/mol. The first-order valence-corrected chi connectivity index (χ1v) is 9.59. The fourth-order valence-electron chi connectivity index (χ4n) is 2.74. The molecular formula is C15H23BrN2O2S. The molecule has 0 atom stereocenters. The largest absolute Gasteiger partial charge is 0.320 e. The zero-order valence-electron chi connectivity index (χ0n) is 12.6. The van der Waals surface area contributed by atoms with Crippen LogP contribution in [0.25, 0.3) is 0 Å². The molecule has 0 radical (unpaired) electrons. The lowest BCUT2D eigenvalue weighted by Crippen LogP contribution is -2.39. The first kappa shape index (κ1) is 16.9. The highest BCUT2D eigenvalue weighted by atomic mass is 79.9. The molecule has 1 aromatic rings. The summed E-state index contributed by atoms with van der Waals surface area (Å²) in [6.45, 7) is 4.20. The van der Waals surface area contributed by atoms with Crippen LogP contribution in [0.5, 0.6) is 0 Å². The Morgan fingerprint density at radius 3 is 2.57 bits per heavy atom. The molecule has 0 saturated carbocycles. The summed E-state index contributed by atoms with van der Waals surface area (Å²) < 4.78 is 27.7. The third kappa shape index (κ3) is 4.06. The van der Waals surface area contributed by atoms with Crippen molar-refractivity contribution in [1.82, 2.24) is 9.62 Å². The van der Waals surface area contributed by atoms with Crippen LogP contribution in [0.2, 0.25) is 0 Å². The van der Waals surface area contributed by atoms with E-state index in [0.717, 1.165) is 31.4 Å². The molecule has 21 heavy (non-hydrogen) atoms. The van der Waals surface area contributed by atoms with E-state index in [2.05, 4.69) is 21.2 Å². The maximum atomic E-state index is 12.7. The molecule has 0 aliphatic carbocycles. The molecule has 1 N–H and O–H groups in total. The molecule has 0 spiro atoms. The molecule has 118 valence electrons. The van der Waals surface area contributed by atoms with Crippen LogP contribution >= 0.6 is 15.9 Å². The van der Waals surface area contributed by atoms with Crippen molar-refractivity contribution in [2.45, 2.75) is 31.1 Å². The number of hydrogen-bond donors (Lipinski definition) is 1. The maximum absolute atomic E-state index is 12.7. The molecule has 1 saturated heterocycles. The highest BCUT2D eigenvalue weighted by Gasteiger charge is 2.30. The van der Waals surface area contributed by atoms with Gasteiger partial charge in [0, 0.05) is 17.6 Å². The van der Waals surface area contributed by atoms with Crippen molar-refractivity contribution in [3.8, 4) is 0 Å². The minimum absolute atomic E-state index is 0.377. The fraction of sp³-hybridized carbons (Fsp3) is 0.600.